The highest BCUT2D eigenvalue weighted by atomic mass is 19.3. The zero-order chi connectivity index (χ0) is 87.4. The van der Waals surface area contributed by atoms with Crippen molar-refractivity contribution < 1.29 is 89.5 Å². The molecule has 0 atom stereocenters. The molecule has 0 aromatic carbocycles. The predicted molar refractivity (Wildman–Crippen MR) is 467 cm³/mol. The molecule has 21 nitrogen and oxygen atoms in total. The van der Waals surface area contributed by atoms with Crippen LogP contribution < -0.4 is 21.3 Å². The number of unbranched alkanes of at least 4 members (excludes halogenated alkanes) is 7. The number of alkyl halides is 2. The van der Waals surface area contributed by atoms with E-state index in [0.717, 1.165) is 83.5 Å². The van der Waals surface area contributed by atoms with E-state index in [9.17, 15) is 28.0 Å². The van der Waals surface area contributed by atoms with Crippen molar-refractivity contribution in [1.29, 1.82) is 0 Å². The molecule has 0 rings (SSSR count). The molecule has 684 valence electrons. The van der Waals surface area contributed by atoms with Crippen molar-refractivity contribution >= 4 is 24.0 Å². The molecule has 0 aromatic rings. The van der Waals surface area contributed by atoms with E-state index < -0.39 is 23.4 Å². The highest BCUT2D eigenvalue weighted by molar-refractivity contribution is 5.73. The van der Waals surface area contributed by atoms with E-state index in [0.29, 0.717) is 141 Å². The standard InChI is InChI=1S/C15H31NO5.C13H27NO2.C12H25NO4.C11H24O3.C10H21NO.C9H20.C6H12F2O.C6H14O.C6H14.CH4/c1-13(2)12-20-11-10-19-9-8-18-7-6-16-14(17)21-15(3,4)5;1-11(2)9-7-6-8-10-14-12(15)16-13(3,4)5;1-11(2)10-17-9-8-16-7-6-15-5-4-13-12(3)14;1-4-5-12-6-7-13-8-9-14-10-11(2)3;1-9(2)7-5-4-6-8-11-10(3)12;1-4-5-6-7-8-9(2)3;1-5(2)4-9-6(3,7)8;1-6(2,3)5-7-4;1-5-6(2,3)4;/h13H,6-12H2,1-5H3,(H,16,17);11H,6-10H2,1-5H3,(H,14,15);11H,4-10H2,1-3H3,(H,13,14);11H,4-10H2,1-3H3;9H,4-8H2,1-3H3,(H,11,12);9H,4-8H2,1-3H3;5H,4H2,1-3H3;5H2,1-4H3;5H2,1-4H3;1H4. The van der Waals surface area contributed by atoms with Crippen molar-refractivity contribution in [2.45, 2.75) is 343 Å². The first-order valence-corrected chi connectivity index (χ1v) is 42.6. The first kappa shape index (κ1) is 130. The van der Waals surface area contributed by atoms with Gasteiger partial charge in [-0.1, -0.05) is 244 Å². The lowest BCUT2D eigenvalue weighted by Crippen LogP contribution is -2.34. The number of nitrogens with one attached hydrogen (secondary N) is 4. The summed E-state index contributed by atoms with van der Waals surface area (Å²) in [7, 11) is 1.73. The van der Waals surface area contributed by atoms with Crippen LogP contribution in [0.1, 0.15) is 325 Å². The normalized spacial score (nSPS) is 11.3. The van der Waals surface area contributed by atoms with Crippen molar-refractivity contribution in [1.82, 2.24) is 21.3 Å². The second kappa shape index (κ2) is 91.8. The molecule has 4 amide bonds. The minimum Gasteiger partial charge on any atom is -0.444 e. The summed E-state index contributed by atoms with van der Waals surface area (Å²) in [5, 5.41) is 10.8. The van der Waals surface area contributed by atoms with Crippen LogP contribution in [0.5, 0.6) is 0 Å². The molecule has 0 fully saturated rings. The fraction of sp³-hybridized carbons (Fsp3) is 0.955. The lowest BCUT2D eigenvalue weighted by atomic mass is 9.94. The van der Waals surface area contributed by atoms with Gasteiger partial charge in [0.2, 0.25) is 11.8 Å². The minimum atomic E-state index is -2.97. The predicted octanol–water partition coefficient (Wildman–Crippen LogP) is 21.9. The van der Waals surface area contributed by atoms with Crippen LogP contribution >= 0.6 is 0 Å². The molecule has 0 aliphatic carbocycles. The summed E-state index contributed by atoms with van der Waals surface area (Å²) in [6.07, 6.45) is 15.4. The lowest BCUT2D eigenvalue weighted by molar-refractivity contribution is -0.228. The van der Waals surface area contributed by atoms with Crippen molar-refractivity contribution in [2.24, 2.45) is 52.3 Å². The monoisotopic (exact) mass is 1630 g/mol. The van der Waals surface area contributed by atoms with Crippen LogP contribution in [0, 0.1) is 52.3 Å². The van der Waals surface area contributed by atoms with Gasteiger partial charge in [0.05, 0.1) is 106 Å². The molecule has 0 saturated carbocycles. The maximum Gasteiger partial charge on any atom is 0.407 e. The van der Waals surface area contributed by atoms with Crippen LogP contribution in [-0.4, -0.2) is 207 Å². The van der Waals surface area contributed by atoms with E-state index in [4.69, 9.17) is 56.8 Å². The molecule has 4 N–H and O–H groups in total. The lowest BCUT2D eigenvalue weighted by Gasteiger charge is -2.19. The van der Waals surface area contributed by atoms with Gasteiger partial charge in [-0.3, -0.25) is 9.59 Å². The summed E-state index contributed by atoms with van der Waals surface area (Å²) >= 11 is 0. The second-order valence-corrected chi connectivity index (χ2v) is 35.1. The van der Waals surface area contributed by atoms with E-state index >= 15 is 0 Å². The van der Waals surface area contributed by atoms with Gasteiger partial charge in [-0.05, 0) is 113 Å². The van der Waals surface area contributed by atoms with Crippen LogP contribution in [0.3, 0.4) is 0 Å². The Balaban J connectivity index is -0.000000133. The summed E-state index contributed by atoms with van der Waals surface area (Å²) in [6, 6.07) is 0. The average molecular weight is 1630 g/mol. The maximum absolute atomic E-state index is 11.9. The third-order valence-electron chi connectivity index (χ3n) is 13.4. The Labute approximate surface area is 692 Å². The Morgan fingerprint density at radius 2 is 0.589 bits per heavy atom. The largest absolute Gasteiger partial charge is 0.444 e. The van der Waals surface area contributed by atoms with Gasteiger partial charge in [0.1, 0.15) is 11.2 Å². The highest BCUT2D eigenvalue weighted by Gasteiger charge is 2.21. The molecule has 0 unspecified atom stereocenters. The Morgan fingerprint density at radius 1 is 0.321 bits per heavy atom. The molecule has 0 heterocycles. The number of halogens is 2. The molecule has 112 heavy (non-hydrogen) atoms. The average Bonchev–Trinajstić information content (AvgIpc) is 0.959. The van der Waals surface area contributed by atoms with Crippen LogP contribution in [0.15, 0.2) is 0 Å². The first-order valence-electron chi connectivity index (χ1n) is 42.6. The number of rotatable bonds is 53. The Hall–Kier alpha value is -3.10. The molecular weight excluding hydrogens is 1430 g/mol. The minimum absolute atomic E-state index is 0. The van der Waals surface area contributed by atoms with E-state index in [1.807, 2.05) is 55.4 Å². The Morgan fingerprint density at radius 3 is 0.821 bits per heavy atom. The first-order chi connectivity index (χ1) is 51.5. The zero-order valence-electron chi connectivity index (χ0n) is 78.8. The van der Waals surface area contributed by atoms with Gasteiger partial charge in [0, 0.05) is 80.5 Å². The number of alkyl carbamates (subject to hydrolysis) is 2. The maximum atomic E-state index is 11.9. The third kappa shape index (κ3) is 174. The Bertz CT molecular complexity index is 1870. The number of amides is 4. The molecule has 23 heteroatoms. The van der Waals surface area contributed by atoms with Crippen LogP contribution in [0.25, 0.3) is 0 Å². The fourth-order valence-electron chi connectivity index (χ4n) is 7.46. The number of hydrogen-bond donors (Lipinski definition) is 4. The second-order valence-electron chi connectivity index (χ2n) is 35.1. The van der Waals surface area contributed by atoms with E-state index in [-0.39, 0.29) is 37.9 Å². The van der Waals surface area contributed by atoms with Crippen molar-refractivity contribution in [3.8, 4) is 0 Å². The molecule has 0 bridgehead atoms. The van der Waals surface area contributed by atoms with E-state index in [2.05, 4.69) is 171 Å². The quantitative estimate of drug-likeness (QED) is 0.0414. The third-order valence-corrected chi connectivity index (χ3v) is 13.4. The van der Waals surface area contributed by atoms with Gasteiger partial charge in [-0.25, -0.2) is 9.59 Å². The summed E-state index contributed by atoms with van der Waals surface area (Å²) in [5.74, 6) is 4.41. The van der Waals surface area contributed by atoms with Gasteiger partial charge in [0.15, 0.2) is 0 Å². The molecule has 0 aromatic heterocycles. The van der Waals surface area contributed by atoms with Gasteiger partial charge >= 0.3 is 18.3 Å². The molecular formula is C89H192F2N4O17. The van der Waals surface area contributed by atoms with Crippen LogP contribution in [-0.2, 0) is 71.2 Å². The number of carbonyl (C=O) groups excluding carboxylic acids is 4. The SMILES string of the molecule is C.CC(=O)NCCCCCC(C)C.CC(=O)NCCOCCOCCOCC(C)C.CC(C)CCCCCNC(=O)OC(C)(C)C.CC(C)COC(C)(F)F.CC(C)COCCOCCOCCNC(=O)OC(C)(C)C.CCC(C)(C)C.CCCCCCC(C)C.CCCOCCOCCOCC(C)C.COCC(C)(C)C. The zero-order valence-corrected chi connectivity index (χ0v) is 78.8. The van der Waals surface area contributed by atoms with Crippen LogP contribution in [0.2, 0.25) is 0 Å². The van der Waals surface area contributed by atoms with Crippen molar-refractivity contribution in [3.63, 3.8) is 0 Å². The molecule has 0 aliphatic heterocycles. The van der Waals surface area contributed by atoms with Gasteiger partial charge in [-0.15, -0.1) is 0 Å². The summed E-state index contributed by atoms with van der Waals surface area (Å²) in [6.45, 7) is 79.4. The van der Waals surface area contributed by atoms with Gasteiger partial charge in [0.25, 0.3) is 0 Å². The topological polar surface area (TPSA) is 236 Å². The van der Waals surface area contributed by atoms with Crippen LogP contribution in [0.4, 0.5) is 18.4 Å². The highest BCUT2D eigenvalue weighted by Crippen LogP contribution is 2.17. The number of ether oxygens (including phenoxy) is 13. The van der Waals surface area contributed by atoms with E-state index in [1.54, 1.807) is 14.0 Å². The van der Waals surface area contributed by atoms with Crippen molar-refractivity contribution in [2.75, 3.05) is 165 Å². The summed E-state index contributed by atoms with van der Waals surface area (Å²) in [5.41, 5.74) is -0.00705. The molecule has 0 radical (unpaired) electrons. The Kier molecular flexibility index (Phi) is 106. The molecule has 0 saturated heterocycles. The summed E-state index contributed by atoms with van der Waals surface area (Å²) in [4.78, 5) is 43.6. The molecule has 0 aliphatic rings. The van der Waals surface area contributed by atoms with Gasteiger partial charge in [-0.2, -0.15) is 8.78 Å². The number of hydrogen-bond acceptors (Lipinski definition) is 17. The summed E-state index contributed by atoms with van der Waals surface area (Å²) < 4.78 is 90.9. The van der Waals surface area contributed by atoms with Gasteiger partial charge < -0.3 is 82.8 Å². The fourth-order valence-corrected chi connectivity index (χ4v) is 7.46. The number of methoxy groups -OCH3 is 1. The smallest absolute Gasteiger partial charge is 0.407 e. The van der Waals surface area contributed by atoms with Crippen molar-refractivity contribution in [3.05, 3.63) is 0 Å². The van der Waals surface area contributed by atoms with E-state index in [1.165, 1.54) is 84.0 Å². The number of carbonyl (C=O) groups is 4. The molecule has 0 spiro atoms.